The van der Waals surface area contributed by atoms with Crippen molar-refractivity contribution in [3.8, 4) is 0 Å². The van der Waals surface area contributed by atoms with Gasteiger partial charge in [-0.3, -0.25) is 4.90 Å². The number of anilines is 1. The van der Waals surface area contributed by atoms with Crippen LogP contribution in [-0.4, -0.2) is 75.1 Å². The maximum atomic E-state index is 13.1. The van der Waals surface area contributed by atoms with Crippen molar-refractivity contribution >= 4 is 15.5 Å². The highest BCUT2D eigenvalue weighted by atomic mass is 32.2. The molecule has 3 aliphatic rings. The molecule has 5 nitrogen and oxygen atoms in total. The van der Waals surface area contributed by atoms with Crippen LogP contribution in [0.25, 0.3) is 0 Å². The van der Waals surface area contributed by atoms with Crippen LogP contribution >= 0.6 is 0 Å². The molecule has 3 heterocycles. The van der Waals surface area contributed by atoms with E-state index >= 15 is 0 Å². The molecular weight excluding hydrogens is 391 g/mol. The van der Waals surface area contributed by atoms with E-state index in [0.29, 0.717) is 31.2 Å². The first-order valence-electron chi connectivity index (χ1n) is 9.80. The lowest BCUT2D eigenvalue weighted by Gasteiger charge is -2.45. The maximum absolute atomic E-state index is 13.1. The summed E-state index contributed by atoms with van der Waals surface area (Å²) in [7, 11) is -3.16. The second kappa shape index (κ2) is 7.18. The lowest BCUT2D eigenvalue weighted by molar-refractivity contribution is -0.0435. The zero-order valence-electron chi connectivity index (χ0n) is 15.9. The number of piperazine rings is 1. The molecule has 0 aromatic heterocycles. The van der Waals surface area contributed by atoms with Gasteiger partial charge in [0.2, 0.25) is 0 Å². The van der Waals surface area contributed by atoms with Crippen molar-refractivity contribution in [3.05, 3.63) is 24.3 Å². The molecule has 2 atom stereocenters. The van der Waals surface area contributed by atoms with Crippen molar-refractivity contribution in [2.24, 2.45) is 0 Å². The molecule has 3 saturated heterocycles. The first kappa shape index (κ1) is 20.0. The van der Waals surface area contributed by atoms with Gasteiger partial charge >= 0.3 is 5.51 Å². The molecule has 1 aromatic rings. The Kier molecular flexibility index (Phi) is 5.12. The standard InChI is InChI=1S/C19H26F3N3O2S/c1-23-14-6-7-15(23)13-16(12-14)24-8-10-25(11-9-24)17-4-2-3-5-18(17)28(26,27)19(20,21)22/h2-5,14-16H,6-13H2,1H3. The van der Waals surface area contributed by atoms with Gasteiger partial charge in [0, 0.05) is 44.3 Å². The van der Waals surface area contributed by atoms with Gasteiger partial charge in [-0.15, -0.1) is 0 Å². The largest absolute Gasteiger partial charge is 0.501 e. The third kappa shape index (κ3) is 3.41. The number of benzene rings is 1. The fraction of sp³-hybridized carbons (Fsp3) is 0.684. The number of piperidine rings is 1. The number of para-hydroxylation sites is 1. The van der Waals surface area contributed by atoms with Crippen LogP contribution in [0.15, 0.2) is 29.2 Å². The average molecular weight is 417 g/mol. The monoisotopic (exact) mass is 417 g/mol. The molecule has 4 rings (SSSR count). The summed E-state index contributed by atoms with van der Waals surface area (Å²) in [6.07, 6.45) is 4.79. The van der Waals surface area contributed by atoms with Crippen LogP contribution in [0.1, 0.15) is 25.7 Å². The highest BCUT2D eigenvalue weighted by Gasteiger charge is 2.48. The third-order valence-corrected chi connectivity index (χ3v) is 8.24. The predicted molar refractivity (Wildman–Crippen MR) is 101 cm³/mol. The van der Waals surface area contributed by atoms with Crippen molar-refractivity contribution in [2.45, 2.75) is 54.2 Å². The Labute approximate surface area is 164 Å². The van der Waals surface area contributed by atoms with Crippen LogP contribution in [-0.2, 0) is 9.84 Å². The maximum Gasteiger partial charge on any atom is 0.501 e. The number of nitrogens with zero attached hydrogens (tertiary/aromatic N) is 3. The summed E-state index contributed by atoms with van der Waals surface area (Å²) < 4.78 is 63.1. The van der Waals surface area contributed by atoms with Crippen LogP contribution in [0.5, 0.6) is 0 Å². The van der Waals surface area contributed by atoms with Gasteiger partial charge in [-0.2, -0.15) is 13.2 Å². The molecule has 0 radical (unpaired) electrons. The number of halogens is 3. The zero-order chi connectivity index (χ0) is 20.1. The van der Waals surface area contributed by atoms with Gasteiger partial charge < -0.3 is 9.80 Å². The highest BCUT2D eigenvalue weighted by molar-refractivity contribution is 7.92. The highest BCUT2D eigenvalue weighted by Crippen LogP contribution is 2.38. The first-order valence-corrected chi connectivity index (χ1v) is 11.3. The van der Waals surface area contributed by atoms with Crippen LogP contribution in [0.3, 0.4) is 0 Å². The second-order valence-corrected chi connectivity index (χ2v) is 10.0. The molecule has 2 bridgehead atoms. The van der Waals surface area contributed by atoms with E-state index in [1.807, 2.05) is 0 Å². The summed E-state index contributed by atoms with van der Waals surface area (Å²) >= 11 is 0. The molecule has 28 heavy (non-hydrogen) atoms. The lowest BCUT2D eigenvalue weighted by atomic mass is 9.96. The van der Waals surface area contributed by atoms with Gasteiger partial charge in [0.15, 0.2) is 0 Å². The number of sulfone groups is 1. The Balaban J connectivity index is 1.47. The third-order valence-electron chi connectivity index (χ3n) is 6.70. The number of hydrogen-bond donors (Lipinski definition) is 0. The molecule has 0 spiro atoms. The first-order chi connectivity index (χ1) is 13.2. The minimum Gasteiger partial charge on any atom is -0.368 e. The Morgan fingerprint density at radius 1 is 0.929 bits per heavy atom. The van der Waals surface area contributed by atoms with E-state index in [1.165, 1.54) is 25.0 Å². The molecule has 3 fully saturated rings. The van der Waals surface area contributed by atoms with Gasteiger partial charge in [-0.05, 0) is 44.9 Å². The topological polar surface area (TPSA) is 43.9 Å². The summed E-state index contributed by atoms with van der Waals surface area (Å²) in [6.45, 7) is 2.56. The van der Waals surface area contributed by atoms with E-state index in [0.717, 1.165) is 32.0 Å². The lowest BCUT2D eigenvalue weighted by Crippen LogP contribution is -2.55. The van der Waals surface area contributed by atoms with E-state index in [9.17, 15) is 21.6 Å². The smallest absolute Gasteiger partial charge is 0.368 e. The van der Waals surface area contributed by atoms with Gasteiger partial charge in [-0.25, -0.2) is 8.42 Å². The van der Waals surface area contributed by atoms with E-state index in [-0.39, 0.29) is 5.69 Å². The minimum atomic E-state index is -5.36. The number of alkyl halides is 3. The van der Waals surface area contributed by atoms with Crippen LogP contribution in [0, 0.1) is 0 Å². The fourth-order valence-electron chi connectivity index (χ4n) is 5.08. The van der Waals surface area contributed by atoms with E-state index in [4.69, 9.17) is 0 Å². The van der Waals surface area contributed by atoms with Crippen LogP contribution in [0.2, 0.25) is 0 Å². The molecule has 9 heteroatoms. The Morgan fingerprint density at radius 3 is 2.07 bits per heavy atom. The fourth-order valence-corrected chi connectivity index (χ4v) is 6.06. The predicted octanol–water partition coefficient (Wildman–Crippen LogP) is 2.73. The molecule has 3 aliphatic heterocycles. The Morgan fingerprint density at radius 2 is 1.50 bits per heavy atom. The van der Waals surface area contributed by atoms with E-state index in [1.54, 1.807) is 11.0 Å². The minimum absolute atomic E-state index is 0.155. The summed E-state index contributed by atoms with van der Waals surface area (Å²) in [6, 6.07) is 7.26. The molecule has 0 N–H and O–H groups in total. The van der Waals surface area contributed by atoms with Crippen molar-refractivity contribution in [3.63, 3.8) is 0 Å². The van der Waals surface area contributed by atoms with Gasteiger partial charge in [0.05, 0.1) is 10.6 Å². The molecule has 156 valence electrons. The van der Waals surface area contributed by atoms with Crippen molar-refractivity contribution in [2.75, 3.05) is 38.1 Å². The zero-order valence-corrected chi connectivity index (χ0v) is 16.7. The Bertz CT molecular complexity index is 808. The van der Waals surface area contributed by atoms with Crippen LogP contribution < -0.4 is 4.90 Å². The normalized spacial score (nSPS) is 30.0. The summed E-state index contributed by atoms with van der Waals surface area (Å²) in [5, 5.41) is 0. The quantitative estimate of drug-likeness (QED) is 0.757. The number of fused-ring (bicyclic) bond motifs is 2. The molecule has 0 saturated carbocycles. The Hall–Kier alpha value is -1.32. The van der Waals surface area contributed by atoms with Crippen molar-refractivity contribution in [1.29, 1.82) is 0 Å². The molecule has 0 amide bonds. The SMILES string of the molecule is CN1C2CCC1CC(N1CCN(c3ccccc3S(=O)(=O)C(F)(F)F)CC1)C2. The van der Waals surface area contributed by atoms with Gasteiger partial charge in [-0.1, -0.05) is 12.1 Å². The summed E-state index contributed by atoms with van der Waals surface area (Å²) in [4.78, 5) is 6.06. The summed E-state index contributed by atoms with van der Waals surface area (Å²) in [5.74, 6) is 0. The summed E-state index contributed by atoms with van der Waals surface area (Å²) in [5.41, 5.74) is -5.14. The molecule has 0 aliphatic carbocycles. The molecule has 1 aromatic carbocycles. The van der Waals surface area contributed by atoms with E-state index < -0.39 is 20.2 Å². The molecule has 2 unspecified atom stereocenters. The number of rotatable bonds is 3. The van der Waals surface area contributed by atoms with Gasteiger partial charge in [0.25, 0.3) is 9.84 Å². The van der Waals surface area contributed by atoms with E-state index in [2.05, 4.69) is 16.8 Å². The van der Waals surface area contributed by atoms with Crippen LogP contribution in [0.4, 0.5) is 18.9 Å². The number of hydrogen-bond acceptors (Lipinski definition) is 5. The molecular formula is C19H26F3N3O2S. The second-order valence-electron chi connectivity index (χ2n) is 8.12. The van der Waals surface area contributed by atoms with Crippen molar-refractivity contribution < 1.29 is 21.6 Å². The average Bonchev–Trinajstić information content (AvgIpc) is 2.88. The van der Waals surface area contributed by atoms with Crippen molar-refractivity contribution in [1.82, 2.24) is 9.80 Å². The van der Waals surface area contributed by atoms with Gasteiger partial charge in [0.1, 0.15) is 0 Å².